The van der Waals surface area contributed by atoms with Crippen LogP contribution in [0.25, 0.3) is 0 Å². The molecule has 0 saturated carbocycles. The molecule has 4 aromatic rings. The number of hydrogen-bond acceptors (Lipinski definition) is 7. The van der Waals surface area contributed by atoms with Crippen molar-refractivity contribution in [2.45, 2.75) is 70.1 Å². The Labute approximate surface area is 239 Å². The molecule has 5 rings (SSSR count). The fourth-order valence-electron chi connectivity index (χ4n) is 5.83. The first-order chi connectivity index (χ1) is 19.5. The van der Waals surface area contributed by atoms with Gasteiger partial charge < -0.3 is 14.3 Å². The van der Waals surface area contributed by atoms with Crippen LogP contribution in [0.4, 0.5) is 0 Å². The normalized spacial score (nSPS) is 20.3. The number of H-pyrrole nitrogens is 1. The summed E-state index contributed by atoms with van der Waals surface area (Å²) in [6.45, 7) is 8.20. The molecular formula is C30H37N5O5Si. The molecule has 10 nitrogen and oxygen atoms in total. The molecule has 0 radical (unpaired) electrons. The molecule has 2 aromatic carbocycles. The van der Waals surface area contributed by atoms with E-state index in [1.165, 1.54) is 10.8 Å². The summed E-state index contributed by atoms with van der Waals surface area (Å²) in [7, 11) is -1.25. The monoisotopic (exact) mass is 575 g/mol. The highest BCUT2D eigenvalue weighted by Crippen LogP contribution is 2.41. The van der Waals surface area contributed by atoms with Crippen LogP contribution < -0.4 is 21.6 Å². The van der Waals surface area contributed by atoms with Crippen molar-refractivity contribution in [3.63, 3.8) is 0 Å². The fourth-order valence-corrected chi connectivity index (χ4v) is 10.5. The molecule has 11 heteroatoms. The van der Waals surface area contributed by atoms with Gasteiger partial charge in [-0.2, -0.15) is 0 Å². The molecule has 216 valence electrons. The number of aryl methyl sites for hydroxylation is 2. The lowest BCUT2D eigenvalue weighted by Gasteiger charge is -2.45. The van der Waals surface area contributed by atoms with Crippen LogP contribution in [0.2, 0.25) is 5.04 Å². The fraction of sp³-hybridized carbons (Fsp3) is 0.400. The highest BCUT2D eigenvalue weighted by Gasteiger charge is 2.54. The topological polar surface area (TPSA) is 124 Å². The number of rotatable bonds is 8. The van der Waals surface area contributed by atoms with Crippen LogP contribution in [0.3, 0.4) is 0 Å². The smallest absolute Gasteiger partial charge is 0.330 e. The van der Waals surface area contributed by atoms with Crippen molar-refractivity contribution in [2.75, 3.05) is 0 Å². The summed E-state index contributed by atoms with van der Waals surface area (Å²) in [4.78, 5) is 27.3. The van der Waals surface area contributed by atoms with Gasteiger partial charge in [0.05, 0.1) is 17.9 Å². The molecule has 1 aliphatic heterocycles. The third kappa shape index (κ3) is 5.62. The van der Waals surface area contributed by atoms with Gasteiger partial charge in [-0.3, -0.25) is 19.0 Å². The number of aliphatic hydroxyl groups excluding tert-OH is 1. The first-order valence-corrected chi connectivity index (χ1v) is 15.7. The summed E-state index contributed by atoms with van der Waals surface area (Å²) in [6.07, 6.45) is 0.679. The lowest BCUT2D eigenvalue weighted by Crippen LogP contribution is -2.68. The van der Waals surface area contributed by atoms with Crippen molar-refractivity contribution in [1.29, 1.82) is 0 Å². The molecule has 0 aliphatic carbocycles. The first-order valence-electron chi connectivity index (χ1n) is 13.8. The van der Waals surface area contributed by atoms with Crippen molar-refractivity contribution >= 4 is 18.7 Å². The Morgan fingerprint density at radius 3 is 2.22 bits per heavy atom. The summed E-state index contributed by atoms with van der Waals surface area (Å²) in [5.74, 6) is 0. The summed E-state index contributed by atoms with van der Waals surface area (Å²) < 4.78 is 16.8. The van der Waals surface area contributed by atoms with Gasteiger partial charge in [-0.05, 0) is 22.3 Å². The molecule has 1 fully saturated rings. The molecule has 0 amide bonds. The Bertz CT molecular complexity index is 1560. The van der Waals surface area contributed by atoms with Gasteiger partial charge in [0.25, 0.3) is 13.9 Å². The van der Waals surface area contributed by atoms with Crippen LogP contribution >= 0.6 is 0 Å². The second kappa shape index (κ2) is 11.3. The summed E-state index contributed by atoms with van der Waals surface area (Å²) >= 11 is 0. The number of aliphatic hydroxyl groups is 1. The van der Waals surface area contributed by atoms with Crippen molar-refractivity contribution in [3.8, 4) is 0 Å². The average molecular weight is 576 g/mol. The van der Waals surface area contributed by atoms with Gasteiger partial charge in [0.2, 0.25) is 0 Å². The Hall–Kier alpha value is -3.64. The highest BCUT2D eigenvalue weighted by atomic mass is 28.4. The van der Waals surface area contributed by atoms with Crippen molar-refractivity contribution in [1.82, 2.24) is 24.5 Å². The van der Waals surface area contributed by atoms with Gasteiger partial charge in [0, 0.05) is 37.8 Å². The quantitative estimate of drug-likeness (QED) is 0.307. The predicted molar refractivity (Wildman–Crippen MR) is 158 cm³/mol. The van der Waals surface area contributed by atoms with Gasteiger partial charge in [0.15, 0.2) is 0 Å². The molecule has 41 heavy (non-hydrogen) atoms. The van der Waals surface area contributed by atoms with Crippen molar-refractivity contribution in [2.24, 2.45) is 7.05 Å². The Balaban J connectivity index is 1.61. The predicted octanol–water partition coefficient (Wildman–Crippen LogP) is 1.81. The van der Waals surface area contributed by atoms with Crippen LogP contribution in [0, 0.1) is 6.92 Å². The van der Waals surface area contributed by atoms with E-state index in [4.69, 9.17) is 9.16 Å². The van der Waals surface area contributed by atoms with Crippen molar-refractivity contribution < 1.29 is 14.3 Å². The standard InChI is InChI=1S/C30H37N5O5Si/c1-20-18-35(29(38)31-28(20)37)26-17-25(27(39-26)24(36)16-21-19-34(5)33-32-21)40-41(30(2,3)4,22-12-8-6-9-13-22)23-14-10-7-11-15-23/h6-15,18-19,24-27,36H,16-17H2,1-5H3,(H,31,37,38)/t24?,25-,26+,27+/m0/s1. The van der Waals surface area contributed by atoms with Gasteiger partial charge in [-0.1, -0.05) is 86.6 Å². The Morgan fingerprint density at radius 1 is 1.07 bits per heavy atom. The molecule has 1 unspecified atom stereocenters. The van der Waals surface area contributed by atoms with Crippen LogP contribution in [-0.2, 0) is 22.6 Å². The van der Waals surface area contributed by atoms with Crippen LogP contribution in [0.5, 0.6) is 0 Å². The molecule has 0 spiro atoms. The zero-order chi connectivity index (χ0) is 29.4. The van der Waals surface area contributed by atoms with E-state index in [9.17, 15) is 14.7 Å². The number of hydrogen-bond donors (Lipinski definition) is 2. The van der Waals surface area contributed by atoms with Gasteiger partial charge in [-0.25, -0.2) is 4.79 Å². The maximum atomic E-state index is 12.9. The summed E-state index contributed by atoms with van der Waals surface area (Å²) in [5.41, 5.74) is -0.00280. The van der Waals surface area contributed by atoms with E-state index in [-0.39, 0.29) is 11.5 Å². The SMILES string of the molecule is Cc1cn([C@H]2C[C@H](O[Si](c3ccccc3)(c3ccccc3)C(C)(C)C)[C@@H](C(O)Cc3cn(C)nn3)O2)c(=O)[nH]c1=O. The Kier molecular flexibility index (Phi) is 7.97. The Morgan fingerprint density at radius 2 is 1.68 bits per heavy atom. The molecule has 2 aromatic heterocycles. The molecule has 4 atom stereocenters. The van der Waals surface area contributed by atoms with Crippen molar-refractivity contribution in [3.05, 3.63) is 105 Å². The van der Waals surface area contributed by atoms with Crippen LogP contribution in [0.15, 0.2) is 82.6 Å². The molecule has 2 N–H and O–H groups in total. The summed E-state index contributed by atoms with van der Waals surface area (Å²) in [5, 5.41) is 21.6. The minimum absolute atomic E-state index is 0.200. The van der Waals surface area contributed by atoms with Crippen LogP contribution in [-0.4, -0.2) is 56.3 Å². The highest BCUT2D eigenvalue weighted by molar-refractivity contribution is 6.99. The molecule has 0 bridgehead atoms. The van der Waals surface area contributed by atoms with Crippen LogP contribution in [0.1, 0.15) is 44.7 Å². The average Bonchev–Trinajstić information content (AvgIpc) is 3.55. The minimum Gasteiger partial charge on any atom is -0.402 e. The lowest BCUT2D eigenvalue weighted by atomic mass is 10.0. The second-order valence-electron chi connectivity index (χ2n) is 11.7. The van der Waals surface area contributed by atoms with E-state index < -0.39 is 44.1 Å². The zero-order valence-corrected chi connectivity index (χ0v) is 25.0. The van der Waals surface area contributed by atoms with Gasteiger partial charge in [0.1, 0.15) is 12.3 Å². The second-order valence-corrected chi connectivity index (χ2v) is 16.0. The van der Waals surface area contributed by atoms with Gasteiger partial charge >= 0.3 is 5.69 Å². The number of nitrogens with one attached hydrogen (secondary N) is 1. The summed E-state index contributed by atoms with van der Waals surface area (Å²) in [6, 6.07) is 20.5. The number of benzene rings is 2. The largest absolute Gasteiger partial charge is 0.402 e. The number of aromatic nitrogens is 5. The lowest BCUT2D eigenvalue weighted by molar-refractivity contribution is -0.0804. The molecule has 1 aliphatic rings. The number of aromatic amines is 1. The van der Waals surface area contributed by atoms with Gasteiger partial charge in [-0.15, -0.1) is 5.10 Å². The molecular weight excluding hydrogens is 538 g/mol. The molecule has 1 saturated heterocycles. The molecule has 3 heterocycles. The maximum absolute atomic E-state index is 12.9. The van der Waals surface area contributed by atoms with E-state index in [2.05, 4.69) is 60.3 Å². The van der Waals surface area contributed by atoms with E-state index in [1.54, 1.807) is 24.9 Å². The van der Waals surface area contributed by atoms with E-state index in [1.807, 2.05) is 36.4 Å². The third-order valence-electron chi connectivity index (χ3n) is 7.76. The number of ether oxygens (including phenoxy) is 1. The minimum atomic E-state index is -3.02. The maximum Gasteiger partial charge on any atom is 0.330 e. The third-order valence-corrected chi connectivity index (χ3v) is 12.8. The zero-order valence-electron chi connectivity index (χ0n) is 24.0. The first kappa shape index (κ1) is 28.9. The number of nitrogens with zero attached hydrogens (tertiary/aromatic N) is 4. The van der Waals surface area contributed by atoms with E-state index in [0.717, 1.165) is 10.4 Å². The van der Waals surface area contributed by atoms with E-state index >= 15 is 0 Å². The van der Waals surface area contributed by atoms with E-state index in [0.29, 0.717) is 17.7 Å².